The molecule has 154 valence electrons. The molecule has 0 spiro atoms. The SMILES string of the molecule is O=C(CCCC(=O)c1ccc(O)cc1)Nc1cccc(Oc2ccc(Cl)c(Cl)c2)c1. The Morgan fingerprint density at radius 3 is 2.33 bits per heavy atom. The van der Waals surface area contributed by atoms with E-state index in [1.165, 1.54) is 12.1 Å². The molecule has 0 aromatic heterocycles. The highest BCUT2D eigenvalue weighted by atomic mass is 35.5. The normalized spacial score (nSPS) is 10.5. The molecule has 0 saturated heterocycles. The van der Waals surface area contributed by atoms with Gasteiger partial charge in [0, 0.05) is 36.2 Å². The lowest BCUT2D eigenvalue weighted by atomic mass is 10.1. The lowest BCUT2D eigenvalue weighted by molar-refractivity contribution is -0.116. The first-order chi connectivity index (χ1) is 14.4. The van der Waals surface area contributed by atoms with Crippen molar-refractivity contribution in [3.63, 3.8) is 0 Å². The third kappa shape index (κ3) is 6.24. The Morgan fingerprint density at radius 2 is 1.60 bits per heavy atom. The molecule has 7 heteroatoms. The highest BCUT2D eigenvalue weighted by molar-refractivity contribution is 6.42. The van der Waals surface area contributed by atoms with E-state index in [9.17, 15) is 14.7 Å². The van der Waals surface area contributed by atoms with Crippen molar-refractivity contribution >= 4 is 40.6 Å². The smallest absolute Gasteiger partial charge is 0.224 e. The van der Waals surface area contributed by atoms with Crippen molar-refractivity contribution in [2.75, 3.05) is 5.32 Å². The molecule has 0 bridgehead atoms. The van der Waals surface area contributed by atoms with Crippen molar-refractivity contribution in [2.45, 2.75) is 19.3 Å². The molecule has 3 aromatic carbocycles. The molecule has 1 amide bonds. The van der Waals surface area contributed by atoms with Gasteiger partial charge in [-0.2, -0.15) is 0 Å². The number of carbonyl (C=O) groups is 2. The second-order valence-corrected chi connectivity index (χ2v) is 7.39. The maximum Gasteiger partial charge on any atom is 0.224 e. The lowest BCUT2D eigenvalue weighted by Crippen LogP contribution is -2.12. The molecule has 30 heavy (non-hydrogen) atoms. The summed E-state index contributed by atoms with van der Waals surface area (Å²) >= 11 is 11.9. The lowest BCUT2D eigenvalue weighted by Gasteiger charge is -2.09. The summed E-state index contributed by atoms with van der Waals surface area (Å²) in [5, 5.41) is 12.9. The van der Waals surface area contributed by atoms with E-state index in [2.05, 4.69) is 5.32 Å². The average molecular weight is 444 g/mol. The highest BCUT2D eigenvalue weighted by Gasteiger charge is 2.09. The molecule has 2 N–H and O–H groups in total. The topological polar surface area (TPSA) is 75.6 Å². The van der Waals surface area contributed by atoms with E-state index in [-0.39, 0.29) is 30.3 Å². The summed E-state index contributed by atoms with van der Waals surface area (Å²) in [6.07, 6.45) is 0.880. The van der Waals surface area contributed by atoms with E-state index in [1.54, 1.807) is 54.6 Å². The molecule has 0 aliphatic rings. The quantitative estimate of drug-likeness (QED) is 0.390. The molecule has 0 atom stereocenters. The van der Waals surface area contributed by atoms with Gasteiger partial charge in [-0.25, -0.2) is 0 Å². The van der Waals surface area contributed by atoms with Gasteiger partial charge in [0.05, 0.1) is 10.0 Å². The molecule has 0 heterocycles. The first-order valence-electron chi connectivity index (χ1n) is 9.26. The number of hydrogen-bond donors (Lipinski definition) is 2. The van der Waals surface area contributed by atoms with E-state index in [1.807, 2.05) is 0 Å². The van der Waals surface area contributed by atoms with Crippen molar-refractivity contribution in [3.05, 3.63) is 82.3 Å². The van der Waals surface area contributed by atoms with Gasteiger partial charge in [-0.1, -0.05) is 29.3 Å². The summed E-state index contributed by atoms with van der Waals surface area (Å²) in [4.78, 5) is 24.3. The van der Waals surface area contributed by atoms with E-state index in [0.29, 0.717) is 39.2 Å². The van der Waals surface area contributed by atoms with Crippen LogP contribution in [0.3, 0.4) is 0 Å². The third-order valence-corrected chi connectivity index (χ3v) is 4.98. The minimum Gasteiger partial charge on any atom is -0.508 e. The van der Waals surface area contributed by atoms with Crippen molar-refractivity contribution in [1.29, 1.82) is 0 Å². The standard InChI is InChI=1S/C23H19Cl2NO4/c24-20-12-11-19(14-21(20)25)30-18-4-1-3-16(13-18)26-23(29)6-2-5-22(28)15-7-9-17(27)10-8-15/h1,3-4,7-14,27H,2,5-6H2,(H,26,29). The first kappa shape index (κ1) is 21.7. The zero-order valence-corrected chi connectivity index (χ0v) is 17.4. The fraction of sp³-hybridized carbons (Fsp3) is 0.130. The summed E-state index contributed by atoms with van der Waals surface area (Å²) in [6, 6.07) is 18.0. The number of amides is 1. The number of phenols is 1. The van der Waals surface area contributed by atoms with Gasteiger partial charge < -0.3 is 15.2 Å². The third-order valence-electron chi connectivity index (χ3n) is 4.24. The molecular weight excluding hydrogens is 425 g/mol. The van der Waals surface area contributed by atoms with E-state index in [0.717, 1.165) is 0 Å². The summed E-state index contributed by atoms with van der Waals surface area (Å²) < 4.78 is 5.75. The molecule has 0 saturated carbocycles. The van der Waals surface area contributed by atoms with Gasteiger partial charge in [0.2, 0.25) is 5.91 Å². The van der Waals surface area contributed by atoms with Crippen LogP contribution in [-0.2, 0) is 4.79 Å². The maximum absolute atomic E-state index is 12.2. The summed E-state index contributed by atoms with van der Waals surface area (Å²) in [7, 11) is 0. The monoisotopic (exact) mass is 443 g/mol. The van der Waals surface area contributed by atoms with Gasteiger partial charge in [-0.05, 0) is 55.0 Å². The Morgan fingerprint density at radius 1 is 0.867 bits per heavy atom. The Kier molecular flexibility index (Phi) is 7.33. The average Bonchev–Trinajstić information content (AvgIpc) is 2.71. The fourth-order valence-corrected chi connectivity index (χ4v) is 3.03. The van der Waals surface area contributed by atoms with Crippen LogP contribution in [0.5, 0.6) is 17.2 Å². The van der Waals surface area contributed by atoms with Crippen LogP contribution < -0.4 is 10.1 Å². The molecule has 0 unspecified atom stereocenters. The minimum atomic E-state index is -0.194. The Balaban J connectivity index is 1.50. The van der Waals surface area contributed by atoms with Crippen LogP contribution in [0.4, 0.5) is 5.69 Å². The van der Waals surface area contributed by atoms with Crippen LogP contribution in [-0.4, -0.2) is 16.8 Å². The van der Waals surface area contributed by atoms with Gasteiger partial charge in [0.1, 0.15) is 17.2 Å². The predicted octanol–water partition coefficient (Wildman–Crippen LogP) is 6.48. The molecule has 5 nitrogen and oxygen atoms in total. The zero-order valence-electron chi connectivity index (χ0n) is 15.9. The van der Waals surface area contributed by atoms with Crippen molar-refractivity contribution in [3.8, 4) is 17.2 Å². The number of benzene rings is 3. The van der Waals surface area contributed by atoms with Crippen LogP contribution in [0.2, 0.25) is 10.0 Å². The number of aromatic hydroxyl groups is 1. The Labute approximate surface area is 184 Å². The Hall–Kier alpha value is -3.02. The first-order valence-corrected chi connectivity index (χ1v) is 10.0. The Bertz CT molecular complexity index is 1050. The van der Waals surface area contributed by atoms with Crippen molar-refractivity contribution < 1.29 is 19.4 Å². The number of carbonyl (C=O) groups excluding carboxylic acids is 2. The molecule has 0 fully saturated rings. The highest BCUT2D eigenvalue weighted by Crippen LogP contribution is 2.30. The maximum atomic E-state index is 12.2. The predicted molar refractivity (Wildman–Crippen MR) is 118 cm³/mol. The minimum absolute atomic E-state index is 0.0696. The molecule has 3 aromatic rings. The van der Waals surface area contributed by atoms with Crippen molar-refractivity contribution in [1.82, 2.24) is 0 Å². The molecule has 0 aliphatic heterocycles. The summed E-state index contributed by atoms with van der Waals surface area (Å²) in [5.74, 6) is 0.908. The molecular formula is C23H19Cl2NO4. The number of hydrogen-bond acceptors (Lipinski definition) is 4. The van der Waals surface area contributed by atoms with Gasteiger partial charge in [0.15, 0.2) is 5.78 Å². The fourth-order valence-electron chi connectivity index (χ4n) is 2.74. The largest absolute Gasteiger partial charge is 0.508 e. The van der Waals surface area contributed by atoms with Crippen LogP contribution in [0.25, 0.3) is 0 Å². The number of nitrogens with one attached hydrogen (secondary N) is 1. The summed E-state index contributed by atoms with van der Waals surface area (Å²) in [6.45, 7) is 0. The number of ketones is 1. The van der Waals surface area contributed by atoms with Crippen LogP contribution >= 0.6 is 23.2 Å². The number of anilines is 1. The second kappa shape index (κ2) is 10.1. The summed E-state index contributed by atoms with van der Waals surface area (Å²) in [5.41, 5.74) is 1.10. The van der Waals surface area contributed by atoms with Crippen LogP contribution in [0, 0.1) is 0 Å². The van der Waals surface area contributed by atoms with E-state index < -0.39 is 0 Å². The van der Waals surface area contributed by atoms with Gasteiger partial charge >= 0.3 is 0 Å². The number of rotatable bonds is 8. The molecule has 0 radical (unpaired) electrons. The van der Waals surface area contributed by atoms with Gasteiger partial charge in [-0.3, -0.25) is 9.59 Å². The van der Waals surface area contributed by atoms with Crippen LogP contribution in [0.1, 0.15) is 29.6 Å². The number of ether oxygens (including phenoxy) is 1. The van der Waals surface area contributed by atoms with Gasteiger partial charge in [-0.15, -0.1) is 0 Å². The number of halogens is 2. The van der Waals surface area contributed by atoms with Crippen LogP contribution in [0.15, 0.2) is 66.7 Å². The number of phenolic OH excluding ortho intramolecular Hbond substituents is 1. The molecule has 0 aliphatic carbocycles. The number of Topliss-reactive ketones (excluding diaryl/α,β-unsaturated/α-hetero) is 1. The molecule has 3 rings (SSSR count). The zero-order chi connectivity index (χ0) is 21.5. The second-order valence-electron chi connectivity index (χ2n) is 6.58. The van der Waals surface area contributed by atoms with Crippen molar-refractivity contribution in [2.24, 2.45) is 0 Å². The van der Waals surface area contributed by atoms with E-state index in [4.69, 9.17) is 27.9 Å². The van der Waals surface area contributed by atoms with Gasteiger partial charge in [0.25, 0.3) is 0 Å². The van der Waals surface area contributed by atoms with E-state index >= 15 is 0 Å².